The highest BCUT2D eigenvalue weighted by Gasteiger charge is 2.31. The first kappa shape index (κ1) is 18.1. The van der Waals surface area contributed by atoms with Crippen LogP contribution in [0.5, 0.6) is 0 Å². The van der Waals surface area contributed by atoms with Crippen molar-refractivity contribution in [3.63, 3.8) is 0 Å². The lowest BCUT2D eigenvalue weighted by Gasteiger charge is -2.33. The molecule has 1 fully saturated rings. The first-order valence-electron chi connectivity index (χ1n) is 6.77. The quantitative estimate of drug-likeness (QED) is 0.875. The smallest absolute Gasteiger partial charge is 0.0595 e. The molecule has 20 heavy (non-hydrogen) atoms. The van der Waals surface area contributed by atoms with E-state index in [1.54, 1.807) is 0 Å². The molecule has 1 aromatic rings. The Bertz CT molecular complexity index is 445. The molecular formula is C15H23Cl3N2. The Balaban J connectivity index is 0.00000200. The number of nitrogens with one attached hydrogen (secondary N) is 1. The first-order chi connectivity index (χ1) is 8.91. The molecule has 2 rings (SSSR count). The number of halogens is 3. The van der Waals surface area contributed by atoms with Crippen LogP contribution in [-0.2, 0) is 0 Å². The minimum absolute atomic E-state index is 0. The molecule has 0 bridgehead atoms. The summed E-state index contributed by atoms with van der Waals surface area (Å²) in [7, 11) is 2.18. The van der Waals surface area contributed by atoms with Crippen molar-refractivity contribution in [2.24, 2.45) is 5.41 Å². The van der Waals surface area contributed by atoms with Crippen molar-refractivity contribution in [1.82, 2.24) is 10.2 Å². The van der Waals surface area contributed by atoms with Gasteiger partial charge in [0.2, 0.25) is 0 Å². The maximum Gasteiger partial charge on any atom is 0.0595 e. The van der Waals surface area contributed by atoms with Gasteiger partial charge in [-0.2, -0.15) is 0 Å². The third-order valence-corrected chi connectivity index (χ3v) is 4.91. The zero-order valence-electron chi connectivity index (χ0n) is 12.2. The Kier molecular flexibility index (Phi) is 6.62. The second-order valence-electron chi connectivity index (χ2n) is 6.00. The summed E-state index contributed by atoms with van der Waals surface area (Å²) < 4.78 is 0. The van der Waals surface area contributed by atoms with Gasteiger partial charge in [0.05, 0.1) is 10.0 Å². The van der Waals surface area contributed by atoms with Gasteiger partial charge in [-0.15, -0.1) is 12.4 Å². The molecule has 1 aromatic carbocycles. The molecule has 1 heterocycles. The summed E-state index contributed by atoms with van der Waals surface area (Å²) in [6.07, 6.45) is 1.24. The van der Waals surface area contributed by atoms with Crippen molar-refractivity contribution in [2.75, 3.05) is 26.7 Å². The lowest BCUT2D eigenvalue weighted by molar-refractivity contribution is 0.169. The SMILES string of the molecule is CC(c1ccc(Cl)c(Cl)c1)N(C)CC1(C)CCNC1.Cl. The predicted octanol–water partition coefficient (Wildman–Crippen LogP) is 4.41. The van der Waals surface area contributed by atoms with Gasteiger partial charge >= 0.3 is 0 Å². The summed E-state index contributed by atoms with van der Waals surface area (Å²) in [5.74, 6) is 0. The summed E-state index contributed by atoms with van der Waals surface area (Å²) in [4.78, 5) is 2.40. The summed E-state index contributed by atoms with van der Waals surface area (Å²) >= 11 is 12.1. The lowest BCUT2D eigenvalue weighted by Crippen LogP contribution is -2.36. The van der Waals surface area contributed by atoms with Crippen LogP contribution in [0.1, 0.15) is 31.9 Å². The van der Waals surface area contributed by atoms with Gasteiger partial charge in [-0.1, -0.05) is 36.2 Å². The van der Waals surface area contributed by atoms with Crippen LogP contribution in [0.3, 0.4) is 0 Å². The monoisotopic (exact) mass is 336 g/mol. The van der Waals surface area contributed by atoms with Gasteiger partial charge in [0.15, 0.2) is 0 Å². The Labute approximate surface area is 138 Å². The van der Waals surface area contributed by atoms with E-state index < -0.39 is 0 Å². The van der Waals surface area contributed by atoms with Crippen LogP contribution >= 0.6 is 35.6 Å². The van der Waals surface area contributed by atoms with Gasteiger partial charge in [0, 0.05) is 19.1 Å². The van der Waals surface area contributed by atoms with Crippen LogP contribution < -0.4 is 5.32 Å². The van der Waals surface area contributed by atoms with Gasteiger partial charge in [-0.25, -0.2) is 0 Å². The molecule has 2 nitrogen and oxygen atoms in total. The molecule has 1 N–H and O–H groups in total. The molecule has 114 valence electrons. The average molecular weight is 338 g/mol. The third kappa shape index (κ3) is 4.25. The number of hydrogen-bond donors (Lipinski definition) is 1. The Morgan fingerprint density at radius 2 is 2.05 bits per heavy atom. The largest absolute Gasteiger partial charge is 0.316 e. The highest BCUT2D eigenvalue weighted by atomic mass is 35.5. The van der Waals surface area contributed by atoms with Crippen molar-refractivity contribution >= 4 is 35.6 Å². The van der Waals surface area contributed by atoms with E-state index in [-0.39, 0.29) is 12.4 Å². The van der Waals surface area contributed by atoms with Crippen LogP contribution in [0.4, 0.5) is 0 Å². The van der Waals surface area contributed by atoms with Gasteiger partial charge in [0.25, 0.3) is 0 Å². The normalized spacial score (nSPS) is 23.7. The van der Waals surface area contributed by atoms with Crippen molar-refractivity contribution in [3.8, 4) is 0 Å². The second-order valence-corrected chi connectivity index (χ2v) is 6.82. The minimum Gasteiger partial charge on any atom is -0.316 e. The molecule has 0 radical (unpaired) electrons. The van der Waals surface area contributed by atoms with E-state index in [1.807, 2.05) is 12.1 Å². The fourth-order valence-corrected chi connectivity index (χ4v) is 3.08. The minimum atomic E-state index is 0. The molecule has 0 spiro atoms. The first-order valence-corrected chi connectivity index (χ1v) is 7.53. The summed E-state index contributed by atoms with van der Waals surface area (Å²) in [5.41, 5.74) is 1.59. The molecule has 0 aliphatic carbocycles. The van der Waals surface area contributed by atoms with E-state index in [0.717, 1.165) is 19.6 Å². The van der Waals surface area contributed by atoms with Gasteiger partial charge in [0.1, 0.15) is 0 Å². The van der Waals surface area contributed by atoms with Gasteiger partial charge < -0.3 is 5.32 Å². The molecule has 1 aliphatic rings. The maximum atomic E-state index is 6.10. The second kappa shape index (κ2) is 7.33. The number of benzene rings is 1. The van der Waals surface area contributed by atoms with E-state index in [9.17, 15) is 0 Å². The highest BCUT2D eigenvalue weighted by Crippen LogP contribution is 2.31. The molecule has 0 amide bonds. The molecule has 2 atom stereocenters. The van der Waals surface area contributed by atoms with Crippen molar-refractivity contribution < 1.29 is 0 Å². The Hall–Kier alpha value is 0.01000. The van der Waals surface area contributed by atoms with Crippen LogP contribution in [0, 0.1) is 5.41 Å². The van der Waals surface area contributed by atoms with E-state index >= 15 is 0 Å². The molecular weight excluding hydrogens is 315 g/mol. The van der Waals surface area contributed by atoms with E-state index in [1.165, 1.54) is 12.0 Å². The topological polar surface area (TPSA) is 15.3 Å². The van der Waals surface area contributed by atoms with E-state index in [4.69, 9.17) is 23.2 Å². The Morgan fingerprint density at radius 3 is 2.60 bits per heavy atom. The lowest BCUT2D eigenvalue weighted by atomic mass is 9.88. The van der Waals surface area contributed by atoms with Crippen molar-refractivity contribution in [2.45, 2.75) is 26.3 Å². The van der Waals surface area contributed by atoms with E-state index in [2.05, 4.69) is 37.2 Å². The number of hydrogen-bond acceptors (Lipinski definition) is 2. The number of nitrogens with zero attached hydrogens (tertiary/aromatic N) is 1. The molecule has 0 saturated carbocycles. The van der Waals surface area contributed by atoms with Gasteiger partial charge in [-0.05, 0) is 50.0 Å². The van der Waals surface area contributed by atoms with Crippen LogP contribution in [0.15, 0.2) is 18.2 Å². The van der Waals surface area contributed by atoms with Crippen LogP contribution in [0.2, 0.25) is 10.0 Å². The average Bonchev–Trinajstić information content (AvgIpc) is 2.78. The molecule has 2 unspecified atom stereocenters. The third-order valence-electron chi connectivity index (χ3n) is 4.18. The van der Waals surface area contributed by atoms with Crippen molar-refractivity contribution in [1.29, 1.82) is 0 Å². The molecule has 1 aliphatic heterocycles. The molecule has 1 saturated heterocycles. The summed E-state index contributed by atoms with van der Waals surface area (Å²) in [6, 6.07) is 6.25. The predicted molar refractivity (Wildman–Crippen MR) is 90.3 cm³/mol. The fourth-order valence-electron chi connectivity index (χ4n) is 2.77. The van der Waals surface area contributed by atoms with Gasteiger partial charge in [-0.3, -0.25) is 4.90 Å². The van der Waals surface area contributed by atoms with E-state index in [0.29, 0.717) is 21.5 Å². The Morgan fingerprint density at radius 1 is 1.35 bits per heavy atom. The van der Waals surface area contributed by atoms with Crippen molar-refractivity contribution in [3.05, 3.63) is 33.8 Å². The summed E-state index contributed by atoms with van der Waals surface area (Å²) in [5, 5.41) is 4.70. The standard InChI is InChI=1S/C15H22Cl2N2.ClH/c1-11(12-4-5-13(16)14(17)8-12)19(3)10-15(2)6-7-18-9-15;/h4-5,8,11,18H,6-7,9-10H2,1-3H3;1H. The zero-order chi connectivity index (χ0) is 14.0. The van der Waals surface area contributed by atoms with Crippen LogP contribution in [0.25, 0.3) is 0 Å². The summed E-state index contributed by atoms with van der Waals surface area (Å²) in [6.45, 7) is 7.88. The maximum absolute atomic E-state index is 6.10. The highest BCUT2D eigenvalue weighted by molar-refractivity contribution is 6.42. The zero-order valence-corrected chi connectivity index (χ0v) is 14.6. The van der Waals surface area contributed by atoms with Crippen LogP contribution in [-0.4, -0.2) is 31.6 Å². The fraction of sp³-hybridized carbons (Fsp3) is 0.600. The molecule has 0 aromatic heterocycles. The molecule has 5 heteroatoms. The number of rotatable bonds is 4.